The number of nitrogens with zero attached hydrogens (tertiary/aromatic N) is 1. The zero-order valence-corrected chi connectivity index (χ0v) is 17.9. The maximum Gasteiger partial charge on any atom is 0.221 e. The molecule has 1 fully saturated rings. The minimum absolute atomic E-state index is 0.0133. The number of carbonyl (C=O) groups is 1. The highest BCUT2D eigenvalue weighted by atomic mass is 16.1. The van der Waals surface area contributed by atoms with E-state index in [1.165, 1.54) is 11.1 Å². The van der Waals surface area contributed by atoms with Gasteiger partial charge < -0.3 is 5.32 Å². The Bertz CT molecular complexity index is 926. The Kier molecular flexibility index (Phi) is 5.74. The quantitative estimate of drug-likeness (QED) is 0.530. The van der Waals surface area contributed by atoms with Gasteiger partial charge in [-0.1, -0.05) is 97.9 Å². The minimum Gasteiger partial charge on any atom is -0.303 e. The van der Waals surface area contributed by atoms with E-state index in [1.807, 2.05) is 6.07 Å². The summed E-state index contributed by atoms with van der Waals surface area (Å²) < 4.78 is 0.807. The Balaban J connectivity index is 1.99. The number of quaternary nitrogens is 1. The van der Waals surface area contributed by atoms with E-state index in [0.29, 0.717) is 0 Å². The average Bonchev–Trinajstić information content (AvgIpc) is 2.77. The second-order valence-corrected chi connectivity index (χ2v) is 8.29. The van der Waals surface area contributed by atoms with Gasteiger partial charge in [-0.25, -0.2) is 0 Å². The van der Waals surface area contributed by atoms with Gasteiger partial charge in [0, 0.05) is 36.5 Å². The van der Waals surface area contributed by atoms with Crippen LogP contribution in [0.4, 0.5) is 0 Å². The number of hydrogen-bond acceptors (Lipinski definition) is 1. The Labute approximate surface area is 180 Å². The van der Waals surface area contributed by atoms with Crippen molar-refractivity contribution in [1.82, 2.24) is 5.32 Å². The predicted molar refractivity (Wildman–Crippen MR) is 122 cm³/mol. The van der Waals surface area contributed by atoms with Crippen LogP contribution in [0.2, 0.25) is 0 Å². The Hall–Kier alpha value is -2.91. The van der Waals surface area contributed by atoms with Crippen LogP contribution < -0.4 is 5.32 Å². The zero-order chi connectivity index (χ0) is 21.0. The summed E-state index contributed by atoms with van der Waals surface area (Å²) in [5, 5.41) is 3.35. The molecule has 30 heavy (non-hydrogen) atoms. The molecule has 0 radical (unpaired) electrons. The van der Waals surface area contributed by atoms with Crippen LogP contribution >= 0.6 is 0 Å². The monoisotopic (exact) mass is 399 g/mol. The highest BCUT2D eigenvalue weighted by Crippen LogP contribution is 2.52. The first-order chi connectivity index (χ1) is 14.6. The SMILES string of the molecule is CCC(c1ccccc1)(c1ccccc1)[N+]1(C(NC(C)=O)c2ccccc2)CCC1. The molecular weight excluding hydrogens is 368 g/mol. The van der Waals surface area contributed by atoms with E-state index in [9.17, 15) is 4.79 Å². The summed E-state index contributed by atoms with van der Waals surface area (Å²) in [6.45, 7) is 5.97. The molecule has 1 aliphatic rings. The molecule has 0 saturated carbocycles. The molecule has 1 N–H and O–H groups in total. The van der Waals surface area contributed by atoms with Crippen molar-refractivity contribution in [3.8, 4) is 0 Å². The van der Waals surface area contributed by atoms with Gasteiger partial charge in [0.1, 0.15) is 0 Å². The van der Waals surface area contributed by atoms with Gasteiger partial charge in [-0.3, -0.25) is 9.28 Å². The van der Waals surface area contributed by atoms with Gasteiger partial charge >= 0.3 is 0 Å². The minimum atomic E-state index is -0.246. The summed E-state index contributed by atoms with van der Waals surface area (Å²) in [4.78, 5) is 12.4. The fourth-order valence-corrected chi connectivity index (χ4v) is 5.51. The van der Waals surface area contributed by atoms with Gasteiger partial charge in [0.05, 0.1) is 13.1 Å². The normalized spacial score (nSPS) is 16.3. The molecule has 1 saturated heterocycles. The van der Waals surface area contributed by atoms with Gasteiger partial charge in [-0.05, 0) is 0 Å². The molecule has 3 nitrogen and oxygen atoms in total. The lowest BCUT2D eigenvalue weighted by Crippen LogP contribution is -2.73. The lowest BCUT2D eigenvalue weighted by Gasteiger charge is -2.62. The summed E-state index contributed by atoms with van der Waals surface area (Å²) in [5.74, 6) is 0.0133. The van der Waals surface area contributed by atoms with Crippen molar-refractivity contribution < 1.29 is 9.28 Å². The Morgan fingerprint density at radius 1 is 0.867 bits per heavy atom. The molecule has 1 atom stereocenters. The molecule has 1 unspecified atom stereocenters. The third kappa shape index (κ3) is 3.23. The fraction of sp³-hybridized carbons (Fsp3) is 0.296. The highest BCUT2D eigenvalue weighted by Gasteiger charge is 2.60. The molecular formula is C27H31N2O+. The van der Waals surface area contributed by atoms with E-state index < -0.39 is 0 Å². The third-order valence-corrected chi connectivity index (χ3v) is 6.84. The smallest absolute Gasteiger partial charge is 0.221 e. The van der Waals surface area contributed by atoms with E-state index >= 15 is 0 Å². The van der Waals surface area contributed by atoms with Gasteiger partial charge in [-0.15, -0.1) is 0 Å². The first kappa shape index (κ1) is 20.4. The molecule has 1 amide bonds. The maximum absolute atomic E-state index is 12.4. The summed E-state index contributed by atoms with van der Waals surface area (Å²) >= 11 is 0. The van der Waals surface area contributed by atoms with Crippen molar-refractivity contribution in [3.63, 3.8) is 0 Å². The van der Waals surface area contributed by atoms with Crippen LogP contribution in [0.1, 0.15) is 49.5 Å². The zero-order valence-electron chi connectivity index (χ0n) is 17.9. The molecule has 0 spiro atoms. The lowest BCUT2D eigenvalue weighted by atomic mass is 9.73. The number of carbonyl (C=O) groups excluding carboxylic acids is 1. The lowest BCUT2D eigenvalue weighted by molar-refractivity contribution is -1.04. The highest BCUT2D eigenvalue weighted by molar-refractivity contribution is 5.73. The predicted octanol–water partition coefficient (Wildman–Crippen LogP) is 5.40. The van der Waals surface area contributed by atoms with Crippen molar-refractivity contribution in [1.29, 1.82) is 0 Å². The molecule has 1 aliphatic heterocycles. The number of hydrogen-bond donors (Lipinski definition) is 1. The third-order valence-electron chi connectivity index (χ3n) is 6.84. The van der Waals surface area contributed by atoms with Crippen molar-refractivity contribution in [3.05, 3.63) is 108 Å². The molecule has 0 bridgehead atoms. The Morgan fingerprint density at radius 2 is 1.33 bits per heavy atom. The van der Waals surface area contributed by atoms with E-state index in [0.717, 1.165) is 36.0 Å². The molecule has 3 aromatic rings. The van der Waals surface area contributed by atoms with Gasteiger partial charge in [-0.2, -0.15) is 0 Å². The van der Waals surface area contributed by atoms with Crippen LogP contribution in [0.3, 0.4) is 0 Å². The number of benzene rings is 3. The van der Waals surface area contributed by atoms with Crippen molar-refractivity contribution in [2.75, 3.05) is 13.1 Å². The second-order valence-electron chi connectivity index (χ2n) is 8.29. The summed E-state index contributed by atoms with van der Waals surface area (Å²) in [7, 11) is 0. The average molecular weight is 400 g/mol. The fourth-order valence-electron chi connectivity index (χ4n) is 5.51. The second kappa shape index (κ2) is 8.45. The van der Waals surface area contributed by atoms with Crippen molar-refractivity contribution in [2.45, 2.75) is 38.4 Å². The van der Waals surface area contributed by atoms with Gasteiger partial charge in [0.15, 0.2) is 11.7 Å². The van der Waals surface area contributed by atoms with Gasteiger partial charge in [0.2, 0.25) is 5.91 Å². The topological polar surface area (TPSA) is 29.1 Å². The largest absolute Gasteiger partial charge is 0.303 e. The number of likely N-dealkylation sites (tertiary alicyclic amines) is 1. The van der Waals surface area contributed by atoms with Crippen LogP contribution in [-0.2, 0) is 10.3 Å². The number of rotatable bonds is 7. The first-order valence-corrected chi connectivity index (χ1v) is 10.9. The molecule has 3 aromatic carbocycles. The van der Waals surface area contributed by atoms with Gasteiger partial charge in [0.25, 0.3) is 0 Å². The van der Waals surface area contributed by atoms with E-state index in [1.54, 1.807) is 6.92 Å². The number of nitrogens with one attached hydrogen (secondary N) is 1. The first-order valence-electron chi connectivity index (χ1n) is 10.9. The molecule has 3 heteroatoms. The van der Waals surface area contributed by atoms with Crippen LogP contribution in [0.15, 0.2) is 91.0 Å². The molecule has 154 valence electrons. The van der Waals surface area contributed by atoms with Crippen LogP contribution in [0, 0.1) is 0 Å². The van der Waals surface area contributed by atoms with E-state index in [4.69, 9.17) is 0 Å². The van der Waals surface area contributed by atoms with E-state index in [2.05, 4.69) is 97.2 Å². The van der Waals surface area contributed by atoms with Crippen molar-refractivity contribution in [2.24, 2.45) is 0 Å². The summed E-state index contributed by atoms with van der Waals surface area (Å²) in [6.07, 6.45) is 2.01. The molecule has 0 aliphatic carbocycles. The van der Waals surface area contributed by atoms with Crippen LogP contribution in [0.5, 0.6) is 0 Å². The molecule has 0 aromatic heterocycles. The van der Waals surface area contributed by atoms with Crippen molar-refractivity contribution >= 4 is 5.91 Å². The molecule has 4 rings (SSSR count). The Morgan fingerprint density at radius 3 is 1.70 bits per heavy atom. The van der Waals surface area contributed by atoms with Crippen LogP contribution in [0.25, 0.3) is 0 Å². The molecule has 1 heterocycles. The standard InChI is InChI=1S/C27H30N2O/c1-3-27(24-16-9-5-10-17-24,25-18-11-6-12-19-25)29(20-13-21-29)26(28-22(2)30)23-14-7-4-8-15-23/h4-12,14-19,26H,3,13,20-21H2,1-2H3/p+1. The summed E-state index contributed by atoms with van der Waals surface area (Å²) in [5.41, 5.74) is 3.54. The maximum atomic E-state index is 12.4. The summed E-state index contributed by atoms with van der Waals surface area (Å²) in [6, 6.07) is 32.2. The van der Waals surface area contributed by atoms with Crippen LogP contribution in [-0.4, -0.2) is 23.5 Å². The van der Waals surface area contributed by atoms with E-state index in [-0.39, 0.29) is 17.6 Å². The number of amides is 1.